The van der Waals surface area contributed by atoms with E-state index in [0.29, 0.717) is 56.9 Å². The van der Waals surface area contributed by atoms with Crippen LogP contribution in [-0.4, -0.2) is 138 Å². The molecule has 5 aliphatic rings. The van der Waals surface area contributed by atoms with E-state index in [4.69, 9.17) is 39.1 Å². The van der Waals surface area contributed by atoms with Crippen molar-refractivity contribution in [2.45, 2.75) is 114 Å². The molecular weight excluding hydrogens is 989 g/mol. The highest BCUT2D eigenvalue weighted by Crippen LogP contribution is 2.46. The standard InChI is InChI=1S/C50H52N6O19/c1-3-5-6-23-25-18-55-30(15-27-26(46(55)65)20-71-49(68)50(27,69)4-2)39(25)54-29-16-33-43(73-21-72-33)24(38(23)29)14-37(60)70-19-22-7-8-32(74-48-42(63)40(61)41(62)44(75-48)47(66)67)28(13-22)53-34(57)11-12-52-45(64)31(17-51)56-35(58)9-10-36(56)59/h7-10,13,15-16,31,40-42,44,48,61-63,69H,3-6,11-12,14,17-21,51H2,1-2H3,(H,52,64)(H,53,57)(H,66,67)/t31-,40-,41?,42-,44?,48?,50-/m0/s1. The average molecular weight is 1040 g/mol. The van der Waals surface area contributed by atoms with Crippen LogP contribution in [0.4, 0.5) is 5.69 Å². The first-order valence-electron chi connectivity index (χ1n) is 24.0. The number of nitrogens with zero attached hydrogens (tertiary/aromatic N) is 3. The number of nitrogens with one attached hydrogen (secondary N) is 2. The first-order valence-corrected chi connectivity index (χ1v) is 24.0. The number of aromatic nitrogens is 2. The number of carboxylic acids is 1. The van der Waals surface area contributed by atoms with Gasteiger partial charge in [-0.15, -0.1) is 0 Å². The van der Waals surface area contributed by atoms with Crippen LogP contribution in [0, 0.1) is 0 Å². The number of aliphatic carboxylic acids is 1. The molecular formula is C50H52N6O19. The number of aliphatic hydroxyl groups is 4. The summed E-state index contributed by atoms with van der Waals surface area (Å²) in [5, 5.41) is 58.0. The van der Waals surface area contributed by atoms with Crippen LogP contribution in [0.2, 0.25) is 0 Å². The number of amides is 4. The van der Waals surface area contributed by atoms with E-state index in [0.717, 1.165) is 24.1 Å². The van der Waals surface area contributed by atoms with E-state index >= 15 is 0 Å². The van der Waals surface area contributed by atoms with Gasteiger partial charge in [0, 0.05) is 59.8 Å². The molecule has 3 unspecified atom stereocenters. The Hall–Kier alpha value is -7.81. The van der Waals surface area contributed by atoms with Crippen molar-refractivity contribution in [3.05, 3.63) is 86.2 Å². The van der Waals surface area contributed by atoms with Gasteiger partial charge in [-0.25, -0.2) is 14.6 Å². The summed E-state index contributed by atoms with van der Waals surface area (Å²) in [5.41, 5.74) is 6.86. The number of carbonyl (C=O) groups is 7. The summed E-state index contributed by atoms with van der Waals surface area (Å²) < 4.78 is 35.4. The van der Waals surface area contributed by atoms with E-state index < -0.39 is 109 Å². The fraction of sp³-hybridized carbons (Fsp3) is 0.420. The summed E-state index contributed by atoms with van der Waals surface area (Å²) in [6.07, 6.45) is -6.77. The second kappa shape index (κ2) is 20.8. The van der Waals surface area contributed by atoms with Crippen molar-refractivity contribution in [3.8, 4) is 28.6 Å². The number of anilines is 1. The molecule has 0 bridgehead atoms. The number of hydrogen-bond acceptors (Lipinski definition) is 20. The number of pyridine rings is 2. The number of benzene rings is 2. The maximum Gasteiger partial charge on any atom is 0.343 e. The lowest BCUT2D eigenvalue weighted by atomic mass is 9.86. The summed E-state index contributed by atoms with van der Waals surface area (Å²) in [6.45, 7) is 2.15. The fourth-order valence-electron chi connectivity index (χ4n) is 9.77. The molecule has 1 saturated heterocycles. The molecule has 0 aliphatic carbocycles. The number of hydrogen-bond donors (Lipinski definition) is 8. The first-order chi connectivity index (χ1) is 35.9. The van der Waals surface area contributed by atoms with Gasteiger partial charge in [-0.05, 0) is 48.6 Å². The molecule has 4 amide bonds. The van der Waals surface area contributed by atoms with E-state index in [-0.39, 0.29) is 73.2 Å². The third-order valence-electron chi connectivity index (χ3n) is 13.7. The Kier molecular flexibility index (Phi) is 14.5. The highest BCUT2D eigenvalue weighted by Gasteiger charge is 2.49. The van der Waals surface area contributed by atoms with Crippen LogP contribution in [0.25, 0.3) is 22.3 Å². The zero-order valence-electron chi connectivity index (χ0n) is 40.4. The molecule has 7 atom stereocenters. The molecule has 0 saturated carbocycles. The van der Waals surface area contributed by atoms with Crippen LogP contribution >= 0.6 is 0 Å². The van der Waals surface area contributed by atoms with Crippen molar-refractivity contribution >= 4 is 58.1 Å². The third kappa shape index (κ3) is 9.53. The van der Waals surface area contributed by atoms with Crippen molar-refractivity contribution in [3.63, 3.8) is 0 Å². The van der Waals surface area contributed by atoms with Gasteiger partial charge in [0.2, 0.25) is 24.9 Å². The van der Waals surface area contributed by atoms with E-state index in [1.807, 2.05) is 6.92 Å². The number of imide groups is 1. The largest absolute Gasteiger partial charge is 0.479 e. The number of aliphatic hydroxyl groups excluding tert-OH is 3. The lowest BCUT2D eigenvalue weighted by Gasteiger charge is -2.38. The molecule has 4 aromatic rings. The van der Waals surface area contributed by atoms with Crippen LogP contribution in [0.1, 0.15) is 72.9 Å². The molecule has 2 aromatic heterocycles. The van der Waals surface area contributed by atoms with Gasteiger partial charge in [0.15, 0.2) is 23.2 Å². The molecule has 396 valence electrons. The lowest BCUT2D eigenvalue weighted by Crippen LogP contribution is -2.61. The van der Waals surface area contributed by atoms with Crippen LogP contribution in [-0.2, 0) is 86.0 Å². The predicted octanol–water partition coefficient (Wildman–Crippen LogP) is -0.595. The van der Waals surface area contributed by atoms with Crippen LogP contribution in [0.15, 0.2) is 47.3 Å². The molecule has 7 heterocycles. The average Bonchev–Trinajstić information content (AvgIpc) is 4.14. The normalized spacial score (nSPS) is 22.6. The van der Waals surface area contributed by atoms with E-state index in [2.05, 4.69) is 10.6 Å². The van der Waals surface area contributed by atoms with Gasteiger partial charge in [0.1, 0.15) is 43.3 Å². The summed E-state index contributed by atoms with van der Waals surface area (Å²) >= 11 is 0. The maximum absolute atomic E-state index is 14.1. The van der Waals surface area contributed by atoms with Gasteiger partial charge in [-0.1, -0.05) is 26.3 Å². The molecule has 9 rings (SSSR count). The first kappa shape index (κ1) is 52.1. The number of unbranched alkanes of at least 4 members (excludes halogenated alkanes) is 1. The summed E-state index contributed by atoms with van der Waals surface area (Å²) in [6, 6.07) is 5.97. The zero-order valence-corrected chi connectivity index (χ0v) is 40.4. The summed E-state index contributed by atoms with van der Waals surface area (Å²) in [4.78, 5) is 109. The highest BCUT2D eigenvalue weighted by atomic mass is 16.7. The Morgan fingerprint density at radius 1 is 0.960 bits per heavy atom. The molecule has 5 aliphatic heterocycles. The van der Waals surface area contributed by atoms with Gasteiger partial charge in [-0.2, -0.15) is 0 Å². The lowest BCUT2D eigenvalue weighted by molar-refractivity contribution is -0.271. The molecule has 1 fully saturated rings. The highest BCUT2D eigenvalue weighted by molar-refractivity contribution is 6.15. The number of carbonyl (C=O) groups excluding carboxylic acids is 6. The Labute approximate surface area is 424 Å². The monoisotopic (exact) mass is 1040 g/mol. The van der Waals surface area contributed by atoms with Crippen molar-refractivity contribution in [2.24, 2.45) is 5.73 Å². The number of ether oxygens (including phenoxy) is 6. The minimum Gasteiger partial charge on any atom is -0.479 e. The topological polar surface area (TPSA) is 364 Å². The van der Waals surface area contributed by atoms with E-state index in [9.17, 15) is 63.9 Å². The smallest absolute Gasteiger partial charge is 0.343 e. The second-order valence-corrected chi connectivity index (χ2v) is 18.3. The quantitative estimate of drug-likeness (QED) is 0.0401. The van der Waals surface area contributed by atoms with Crippen LogP contribution in [0.5, 0.6) is 17.2 Å². The second-order valence-electron chi connectivity index (χ2n) is 18.3. The summed E-state index contributed by atoms with van der Waals surface area (Å²) in [5.74, 6) is -5.95. The minimum atomic E-state index is -2.04. The molecule has 75 heavy (non-hydrogen) atoms. The number of cyclic esters (lactones) is 1. The van der Waals surface area contributed by atoms with Gasteiger partial charge in [-0.3, -0.25) is 33.7 Å². The fourth-order valence-corrected chi connectivity index (χ4v) is 9.77. The van der Waals surface area contributed by atoms with Crippen molar-refractivity contribution in [1.29, 1.82) is 0 Å². The number of aryl methyl sites for hydroxylation is 1. The molecule has 0 radical (unpaired) electrons. The van der Waals surface area contributed by atoms with Gasteiger partial charge < -0.3 is 74.9 Å². The van der Waals surface area contributed by atoms with Crippen molar-refractivity contribution in [2.75, 3.05) is 25.2 Å². The minimum absolute atomic E-state index is 0.0356. The van der Waals surface area contributed by atoms with Crippen molar-refractivity contribution < 1.29 is 87.5 Å². The summed E-state index contributed by atoms with van der Waals surface area (Å²) in [7, 11) is 0. The SMILES string of the molecule is CCCCc1c2c(nc3cc4c(c(CC(=O)OCc5ccc(OC6OC(C(=O)O)C(O)[C@H](O)[C@@H]6O)c(NC(=O)CCNC(=O)[C@H](CN)N6C(=O)C=CC6=O)c5)c13)OCO4)-c1cc3c(c(=O)n1C2)COC(=O)[C@]3(O)CC. The molecule has 25 nitrogen and oxygen atoms in total. The Bertz CT molecular complexity index is 3140. The van der Waals surface area contributed by atoms with Gasteiger partial charge in [0.05, 0.1) is 41.1 Å². The van der Waals surface area contributed by atoms with Crippen molar-refractivity contribution in [1.82, 2.24) is 19.8 Å². The Morgan fingerprint density at radius 2 is 1.72 bits per heavy atom. The van der Waals surface area contributed by atoms with E-state index in [1.54, 1.807) is 19.1 Å². The number of nitrogens with two attached hydrogens (primary N) is 1. The van der Waals surface area contributed by atoms with Gasteiger partial charge in [0.25, 0.3) is 17.4 Å². The van der Waals surface area contributed by atoms with Gasteiger partial charge >= 0.3 is 17.9 Å². The number of fused-ring (bicyclic) bond motifs is 6. The third-order valence-corrected chi connectivity index (χ3v) is 13.7. The Morgan fingerprint density at radius 3 is 2.43 bits per heavy atom. The number of carboxylic acid groups (broad SMARTS) is 1. The Balaban J connectivity index is 0.979. The maximum atomic E-state index is 14.1. The molecule has 25 heteroatoms. The number of rotatable bonds is 18. The molecule has 0 spiro atoms. The molecule has 9 N–H and O–H groups in total. The number of esters is 2. The van der Waals surface area contributed by atoms with Crippen LogP contribution < -0.4 is 36.1 Å². The zero-order chi connectivity index (χ0) is 53.6. The molecule has 2 aromatic carbocycles. The van der Waals surface area contributed by atoms with E-state index in [1.165, 1.54) is 22.8 Å². The van der Waals surface area contributed by atoms with Crippen LogP contribution in [0.3, 0.4) is 0 Å². The predicted molar refractivity (Wildman–Crippen MR) is 254 cm³/mol.